The lowest BCUT2D eigenvalue weighted by Crippen LogP contribution is -2.45. The fraction of sp³-hybridized carbons (Fsp3) is 0.200. The molecule has 0 bridgehead atoms. The van der Waals surface area contributed by atoms with Gasteiger partial charge in [0.1, 0.15) is 6.04 Å². The minimum absolute atomic E-state index is 0.0943. The van der Waals surface area contributed by atoms with Crippen molar-refractivity contribution in [1.29, 1.82) is 0 Å². The van der Waals surface area contributed by atoms with Crippen molar-refractivity contribution >= 4 is 34.5 Å². The molecule has 10 nitrogen and oxygen atoms in total. The van der Waals surface area contributed by atoms with Crippen molar-refractivity contribution in [3.63, 3.8) is 0 Å². The van der Waals surface area contributed by atoms with Crippen LogP contribution < -0.4 is 0 Å². The number of rotatable bonds is 5. The smallest absolute Gasteiger partial charge is 0.338 e. The zero-order valence-electron chi connectivity index (χ0n) is 19.5. The van der Waals surface area contributed by atoms with Crippen molar-refractivity contribution in [2.45, 2.75) is 19.4 Å². The number of aliphatic imine (C=N–C) groups is 1. The molecule has 0 radical (unpaired) electrons. The average molecular weight is 504 g/mol. The van der Waals surface area contributed by atoms with Gasteiger partial charge in [-0.1, -0.05) is 42.1 Å². The highest BCUT2D eigenvalue weighted by atomic mass is 32.2. The molecule has 1 amide bonds. The number of ether oxygens (including phenoxy) is 1. The fourth-order valence-corrected chi connectivity index (χ4v) is 5.36. The number of aromatic nitrogens is 2. The minimum atomic E-state index is -0.864. The Labute approximate surface area is 210 Å². The molecule has 182 valence electrons. The molecule has 1 aromatic heterocycles. The summed E-state index contributed by atoms with van der Waals surface area (Å²) in [4.78, 5) is 43.2. The van der Waals surface area contributed by atoms with E-state index in [1.54, 1.807) is 29.9 Å². The normalized spacial score (nSPS) is 17.5. The Morgan fingerprint density at radius 2 is 1.97 bits per heavy atom. The lowest BCUT2D eigenvalue weighted by atomic mass is 9.92. The molecule has 1 saturated heterocycles. The number of para-hydroxylation sites is 1. The third-order valence-corrected chi connectivity index (χ3v) is 6.95. The molecule has 36 heavy (non-hydrogen) atoms. The molecule has 0 aliphatic carbocycles. The van der Waals surface area contributed by atoms with Crippen LogP contribution >= 0.6 is 11.8 Å². The van der Waals surface area contributed by atoms with Crippen LogP contribution in [0.4, 0.5) is 5.69 Å². The first-order valence-corrected chi connectivity index (χ1v) is 12.1. The van der Waals surface area contributed by atoms with E-state index in [1.165, 1.54) is 35.9 Å². The number of thioether (sulfide) groups is 1. The first-order chi connectivity index (χ1) is 17.4. The lowest BCUT2D eigenvalue weighted by Gasteiger charge is -2.38. The largest absolute Gasteiger partial charge is 0.466 e. The lowest BCUT2D eigenvalue weighted by molar-refractivity contribution is -0.384. The van der Waals surface area contributed by atoms with E-state index < -0.39 is 16.9 Å². The number of benzene rings is 2. The Morgan fingerprint density at radius 3 is 2.69 bits per heavy atom. The van der Waals surface area contributed by atoms with E-state index in [-0.39, 0.29) is 23.6 Å². The van der Waals surface area contributed by atoms with Crippen LogP contribution in [0.2, 0.25) is 0 Å². The molecule has 11 heteroatoms. The molecule has 2 aliphatic rings. The van der Waals surface area contributed by atoms with E-state index in [0.29, 0.717) is 33.4 Å². The highest BCUT2D eigenvalue weighted by Gasteiger charge is 2.43. The second-order valence-corrected chi connectivity index (χ2v) is 9.23. The number of carbonyl (C=O) groups excluding carboxylic acids is 2. The van der Waals surface area contributed by atoms with Crippen molar-refractivity contribution < 1.29 is 19.2 Å². The molecule has 3 heterocycles. The Morgan fingerprint density at radius 1 is 1.19 bits per heavy atom. The molecule has 0 N–H and O–H groups in total. The summed E-state index contributed by atoms with van der Waals surface area (Å²) in [6.07, 6.45) is 2.03. The van der Waals surface area contributed by atoms with Crippen molar-refractivity contribution in [2.24, 2.45) is 4.99 Å². The highest BCUT2D eigenvalue weighted by molar-refractivity contribution is 8.14. The summed E-state index contributed by atoms with van der Waals surface area (Å²) >= 11 is 1.44. The van der Waals surface area contributed by atoms with Gasteiger partial charge in [-0.05, 0) is 19.1 Å². The topological polar surface area (TPSA) is 120 Å². The summed E-state index contributed by atoms with van der Waals surface area (Å²) in [6.45, 7) is 1.71. The molecule has 2 aliphatic heterocycles. The Balaban J connectivity index is 1.78. The summed E-state index contributed by atoms with van der Waals surface area (Å²) in [6, 6.07) is 14.6. The van der Waals surface area contributed by atoms with Crippen LogP contribution in [0.3, 0.4) is 0 Å². The van der Waals surface area contributed by atoms with Gasteiger partial charge in [0.2, 0.25) is 5.91 Å². The first-order valence-electron chi connectivity index (χ1n) is 11.1. The summed E-state index contributed by atoms with van der Waals surface area (Å²) < 4.78 is 6.73. The SMILES string of the molecule is COC(=O)C1=C(C)N=C2SCCC(=O)N2[C@@H]1c1cn(-c2ccccc2)nc1-c1cccc([N+](=O)[O-])c1. The van der Waals surface area contributed by atoms with Crippen LogP contribution in [0.5, 0.6) is 0 Å². The first kappa shape index (κ1) is 23.5. The number of esters is 1. The van der Waals surface area contributed by atoms with Gasteiger partial charge in [0, 0.05) is 41.6 Å². The van der Waals surface area contributed by atoms with Gasteiger partial charge in [-0.2, -0.15) is 5.10 Å². The van der Waals surface area contributed by atoms with E-state index in [9.17, 15) is 19.7 Å². The van der Waals surface area contributed by atoms with Gasteiger partial charge < -0.3 is 4.74 Å². The number of methoxy groups -OCH3 is 1. The fourth-order valence-electron chi connectivity index (χ4n) is 4.35. The second-order valence-electron chi connectivity index (χ2n) is 8.17. The van der Waals surface area contributed by atoms with Gasteiger partial charge in [-0.15, -0.1) is 0 Å². The number of hydrogen-bond acceptors (Lipinski definition) is 8. The van der Waals surface area contributed by atoms with Crippen LogP contribution in [-0.2, 0) is 14.3 Å². The maximum atomic E-state index is 13.2. The van der Waals surface area contributed by atoms with Crippen LogP contribution in [0.25, 0.3) is 16.9 Å². The zero-order valence-corrected chi connectivity index (χ0v) is 20.3. The Kier molecular flexibility index (Phi) is 6.15. The molecule has 0 saturated carbocycles. The number of nitro benzene ring substituents is 1. The number of allylic oxidation sites excluding steroid dienone is 1. The predicted molar refractivity (Wildman–Crippen MR) is 134 cm³/mol. The number of amides is 1. The number of nitrogens with zero attached hydrogens (tertiary/aromatic N) is 5. The number of carbonyl (C=O) groups is 2. The maximum absolute atomic E-state index is 13.2. The molecule has 0 unspecified atom stereocenters. The number of nitro groups is 1. The number of amidine groups is 1. The molecular formula is C25H21N5O5S. The summed E-state index contributed by atoms with van der Waals surface area (Å²) in [7, 11) is 1.28. The molecule has 3 aromatic rings. The van der Waals surface area contributed by atoms with Crippen molar-refractivity contribution in [1.82, 2.24) is 14.7 Å². The van der Waals surface area contributed by atoms with Gasteiger partial charge >= 0.3 is 5.97 Å². The predicted octanol–water partition coefficient (Wildman–Crippen LogP) is 4.27. The maximum Gasteiger partial charge on any atom is 0.338 e. The third kappa shape index (κ3) is 4.07. The van der Waals surface area contributed by atoms with Gasteiger partial charge in [-0.25, -0.2) is 14.5 Å². The van der Waals surface area contributed by atoms with E-state index >= 15 is 0 Å². The van der Waals surface area contributed by atoms with Crippen molar-refractivity contribution in [3.05, 3.63) is 87.7 Å². The minimum Gasteiger partial charge on any atom is -0.466 e. The standard InChI is InChI=1S/C25H21N5O5S/c1-15-21(24(32)35-2)23(29-20(31)11-12-36-25(29)26-15)19-14-28(17-8-4-3-5-9-17)27-22(19)16-7-6-10-18(13-16)30(33)34/h3-10,13-14,23H,11-12H2,1-2H3/t23-/m1/s1. The van der Waals surface area contributed by atoms with E-state index in [2.05, 4.69) is 4.99 Å². The molecule has 5 rings (SSSR count). The molecule has 0 spiro atoms. The zero-order chi connectivity index (χ0) is 25.4. The quantitative estimate of drug-likeness (QED) is 0.290. The van der Waals surface area contributed by atoms with Crippen molar-refractivity contribution in [3.8, 4) is 16.9 Å². The van der Waals surface area contributed by atoms with Crippen LogP contribution in [0, 0.1) is 10.1 Å². The van der Waals surface area contributed by atoms with E-state index in [0.717, 1.165) is 5.69 Å². The number of hydrogen-bond donors (Lipinski definition) is 0. The Bertz CT molecular complexity index is 1450. The second kappa shape index (κ2) is 9.42. The van der Waals surface area contributed by atoms with Crippen LogP contribution in [-0.4, -0.2) is 49.5 Å². The average Bonchev–Trinajstić information content (AvgIpc) is 3.33. The van der Waals surface area contributed by atoms with Crippen molar-refractivity contribution in [2.75, 3.05) is 12.9 Å². The number of fused-ring (bicyclic) bond motifs is 1. The Hall–Kier alpha value is -4.25. The van der Waals surface area contributed by atoms with Crippen LogP contribution in [0.1, 0.15) is 24.9 Å². The highest BCUT2D eigenvalue weighted by Crippen LogP contribution is 2.43. The van der Waals surface area contributed by atoms with Gasteiger partial charge in [-0.3, -0.25) is 19.8 Å². The summed E-state index contributed by atoms with van der Waals surface area (Å²) in [5, 5.41) is 16.8. The van der Waals surface area contributed by atoms with Gasteiger partial charge in [0.15, 0.2) is 5.17 Å². The summed E-state index contributed by atoms with van der Waals surface area (Å²) in [5.41, 5.74) is 2.74. The van der Waals surface area contributed by atoms with Gasteiger partial charge in [0.25, 0.3) is 5.69 Å². The molecule has 2 aromatic carbocycles. The number of non-ortho nitro benzene ring substituents is 1. The van der Waals surface area contributed by atoms with E-state index in [4.69, 9.17) is 9.84 Å². The molecular weight excluding hydrogens is 482 g/mol. The molecule has 1 atom stereocenters. The van der Waals surface area contributed by atoms with Crippen LogP contribution in [0.15, 0.2) is 77.1 Å². The van der Waals surface area contributed by atoms with Gasteiger partial charge in [0.05, 0.1) is 34.7 Å². The van der Waals surface area contributed by atoms with E-state index in [1.807, 2.05) is 30.3 Å². The summed E-state index contributed by atoms with van der Waals surface area (Å²) in [5.74, 6) is -0.201. The molecule has 1 fully saturated rings. The third-order valence-electron chi connectivity index (χ3n) is 6.00. The monoisotopic (exact) mass is 503 g/mol.